The van der Waals surface area contributed by atoms with Gasteiger partial charge in [0.05, 0.1) is 35.5 Å². The molecule has 2 aromatic carbocycles. The second-order valence-electron chi connectivity index (χ2n) is 29.3. The minimum atomic E-state index is -1.14. The molecule has 8 nitrogen and oxygen atoms in total. The predicted molar refractivity (Wildman–Crippen MR) is 413 cm³/mol. The van der Waals surface area contributed by atoms with E-state index in [1.165, 1.54) is 366 Å². The summed E-state index contributed by atoms with van der Waals surface area (Å²) < 4.78 is 11.1. The van der Waals surface area contributed by atoms with Crippen LogP contribution in [0.3, 0.4) is 0 Å². The highest BCUT2D eigenvalue weighted by Gasteiger charge is 2.23. The molecule has 0 heterocycles. The van der Waals surface area contributed by atoms with Gasteiger partial charge in [-0.15, -0.1) is 0 Å². The maximum atomic E-state index is 12.7. The number of aromatic carboxylic acids is 2. The van der Waals surface area contributed by atoms with Crippen molar-refractivity contribution in [3.8, 4) is 0 Å². The summed E-state index contributed by atoms with van der Waals surface area (Å²) in [4.78, 5) is 49.6. The second kappa shape index (κ2) is 71.2. The van der Waals surface area contributed by atoms with Crippen LogP contribution in [-0.4, -0.2) is 47.3 Å². The Morgan fingerprint density at radius 3 is 0.698 bits per heavy atom. The minimum Gasteiger partial charge on any atom is -0.478 e. The molecule has 0 atom stereocenters. The van der Waals surface area contributed by atoms with Crippen LogP contribution in [0.4, 0.5) is 0 Å². The molecule has 2 N–H and O–H groups in total. The maximum Gasteiger partial charge on any atom is 0.339 e. The topological polar surface area (TPSA) is 127 Å². The Balaban J connectivity index is 0.000000960. The van der Waals surface area contributed by atoms with Gasteiger partial charge < -0.3 is 19.7 Å². The lowest BCUT2D eigenvalue weighted by atomic mass is 9.89. The average molecular weight is 1340 g/mol. The van der Waals surface area contributed by atoms with E-state index in [-0.39, 0.29) is 11.1 Å². The third-order valence-corrected chi connectivity index (χ3v) is 20.3. The molecule has 0 spiro atoms. The van der Waals surface area contributed by atoms with Crippen LogP contribution in [0.2, 0.25) is 0 Å². The number of carbonyl (C=O) groups excluding carboxylic acids is 2. The molecule has 0 aromatic heterocycles. The molecule has 0 aliphatic rings. The largest absolute Gasteiger partial charge is 0.478 e. The minimum absolute atomic E-state index is 0.0254. The van der Waals surface area contributed by atoms with Crippen molar-refractivity contribution < 1.29 is 38.9 Å². The SMILES string of the molecule is CCCCCCCCCCCCCCCCCCOC(=O)c1ccccc1C(=O)OCCCCCCCCCCCCCCCCCC.CCCCCCCCCCCCCCCCCCc1ccc(C(=O)O)c(C(=O)O)c1CCCCCCCCCCCCCCCCCC. The second-order valence-corrected chi connectivity index (χ2v) is 29.3. The van der Waals surface area contributed by atoms with Crippen molar-refractivity contribution in [2.24, 2.45) is 0 Å². The van der Waals surface area contributed by atoms with Crippen LogP contribution < -0.4 is 0 Å². The van der Waals surface area contributed by atoms with E-state index in [1.54, 1.807) is 24.3 Å². The Morgan fingerprint density at radius 2 is 0.469 bits per heavy atom. The summed E-state index contributed by atoms with van der Waals surface area (Å²) in [5.41, 5.74) is 2.40. The highest BCUT2D eigenvalue weighted by molar-refractivity contribution is 6.03. The van der Waals surface area contributed by atoms with E-state index < -0.39 is 23.9 Å². The van der Waals surface area contributed by atoms with Gasteiger partial charge in [0.25, 0.3) is 0 Å². The molecule has 2 rings (SSSR count). The molecule has 0 amide bonds. The van der Waals surface area contributed by atoms with Gasteiger partial charge >= 0.3 is 23.9 Å². The summed E-state index contributed by atoms with van der Waals surface area (Å²) in [5, 5.41) is 19.7. The van der Waals surface area contributed by atoms with Crippen molar-refractivity contribution in [3.05, 3.63) is 69.8 Å². The molecule has 0 saturated carbocycles. The van der Waals surface area contributed by atoms with Gasteiger partial charge in [-0.2, -0.15) is 0 Å². The lowest BCUT2D eigenvalue weighted by Gasteiger charge is -2.15. The van der Waals surface area contributed by atoms with Gasteiger partial charge in [0.1, 0.15) is 0 Å². The third-order valence-electron chi connectivity index (χ3n) is 20.3. The van der Waals surface area contributed by atoms with Crippen LogP contribution in [0.1, 0.15) is 491 Å². The highest BCUT2D eigenvalue weighted by atomic mass is 16.5. The lowest BCUT2D eigenvalue weighted by molar-refractivity contribution is 0.0450. The van der Waals surface area contributed by atoms with Crippen molar-refractivity contribution in [2.45, 2.75) is 451 Å². The average Bonchev–Trinajstić information content (AvgIpc) is 0.816. The van der Waals surface area contributed by atoms with Crippen LogP contribution in [0.15, 0.2) is 36.4 Å². The standard InChI is InChI=1S/2C44H78O4/c1-3-5-7-9-11-13-15-17-19-21-23-25-27-29-31-35-39-47-43(45)41-37-33-34-38-42(41)44(46)48-40-36-32-30-28-26-24-22-20-18-16-14-12-10-8-6-4-2;1-3-5-7-9-11-13-15-17-19-21-23-25-27-29-31-33-35-39-37-38-41(43(45)46)42(44(47)48)40(39)36-34-32-30-28-26-24-22-20-18-16-14-12-10-8-6-4-2/h33-34,37-38H,3-32,35-36,39-40H2,1-2H3;37-38H,3-36H2,1-2H3,(H,45,46)(H,47,48). The van der Waals surface area contributed by atoms with Crippen LogP contribution in [-0.2, 0) is 22.3 Å². The van der Waals surface area contributed by atoms with Crippen molar-refractivity contribution in [1.82, 2.24) is 0 Å². The summed E-state index contributed by atoms with van der Waals surface area (Å²) >= 11 is 0. The van der Waals surface area contributed by atoms with Gasteiger partial charge in [0, 0.05) is 0 Å². The first-order valence-electron chi connectivity index (χ1n) is 42.3. The first kappa shape index (κ1) is 90.3. The molecule has 0 saturated heterocycles. The molecule has 556 valence electrons. The molecule has 96 heavy (non-hydrogen) atoms. The number of hydrogen-bond donors (Lipinski definition) is 2. The Bertz CT molecular complexity index is 1980. The van der Waals surface area contributed by atoms with Crippen LogP contribution in [0, 0.1) is 0 Å². The van der Waals surface area contributed by atoms with Gasteiger partial charge in [-0.3, -0.25) is 0 Å². The van der Waals surface area contributed by atoms with Gasteiger partial charge in [0.15, 0.2) is 0 Å². The Kier molecular flexibility index (Phi) is 67.0. The molecule has 2 aromatic rings. The summed E-state index contributed by atoms with van der Waals surface area (Å²) in [6.45, 7) is 9.92. The Labute approximate surface area is 594 Å². The smallest absolute Gasteiger partial charge is 0.339 e. The third kappa shape index (κ3) is 55.1. The molecule has 0 radical (unpaired) electrons. The van der Waals surface area contributed by atoms with E-state index in [4.69, 9.17) is 9.47 Å². The molecule has 0 unspecified atom stereocenters. The number of unbranched alkanes of at least 4 members (excludes halogenated alkanes) is 60. The maximum absolute atomic E-state index is 12.7. The number of benzene rings is 2. The summed E-state index contributed by atoms with van der Waals surface area (Å²) in [5.74, 6) is -3.10. The number of carboxylic acids is 2. The van der Waals surface area contributed by atoms with E-state index in [0.29, 0.717) is 30.8 Å². The number of carbonyl (C=O) groups is 4. The van der Waals surface area contributed by atoms with Crippen molar-refractivity contribution >= 4 is 23.9 Å². The molecule has 8 heteroatoms. The molecule has 0 bridgehead atoms. The van der Waals surface area contributed by atoms with E-state index in [0.717, 1.165) is 68.9 Å². The van der Waals surface area contributed by atoms with Crippen molar-refractivity contribution in [2.75, 3.05) is 13.2 Å². The van der Waals surface area contributed by atoms with Gasteiger partial charge in [-0.25, -0.2) is 19.2 Å². The Hall–Kier alpha value is -3.68. The fourth-order valence-electron chi connectivity index (χ4n) is 14.0. The molecule has 0 fully saturated rings. The number of rotatable bonds is 72. The molecular formula is C88H156O8. The van der Waals surface area contributed by atoms with Crippen molar-refractivity contribution in [1.29, 1.82) is 0 Å². The summed E-state index contributed by atoms with van der Waals surface area (Å²) in [7, 11) is 0. The zero-order chi connectivity index (χ0) is 69.5. The summed E-state index contributed by atoms with van der Waals surface area (Å²) in [6, 6.07) is 10.3. The van der Waals surface area contributed by atoms with Crippen LogP contribution in [0.25, 0.3) is 0 Å². The fourth-order valence-corrected chi connectivity index (χ4v) is 14.0. The van der Waals surface area contributed by atoms with Gasteiger partial charge in [0.2, 0.25) is 0 Å². The molecule has 0 aliphatic heterocycles. The fraction of sp³-hybridized carbons (Fsp3) is 0.818. The Morgan fingerprint density at radius 1 is 0.250 bits per heavy atom. The predicted octanol–water partition coefficient (Wildman–Crippen LogP) is 29.2. The quantitative estimate of drug-likeness (QED) is 0.0495. The zero-order valence-electron chi connectivity index (χ0n) is 63.9. The van der Waals surface area contributed by atoms with E-state index in [1.807, 2.05) is 6.07 Å². The molecule has 0 aliphatic carbocycles. The monoisotopic (exact) mass is 1340 g/mol. The first-order valence-corrected chi connectivity index (χ1v) is 42.3. The van der Waals surface area contributed by atoms with Gasteiger partial charge in [-0.1, -0.05) is 431 Å². The van der Waals surface area contributed by atoms with Crippen LogP contribution in [0.5, 0.6) is 0 Å². The number of hydrogen-bond acceptors (Lipinski definition) is 6. The van der Waals surface area contributed by atoms with Gasteiger partial charge in [-0.05, 0) is 67.9 Å². The summed E-state index contributed by atoms with van der Waals surface area (Å²) in [6.07, 6.45) is 85.8. The molecular weight excluding hydrogens is 1180 g/mol. The highest BCUT2D eigenvalue weighted by Crippen LogP contribution is 2.27. The number of carboxylic acid groups (broad SMARTS) is 2. The normalized spacial score (nSPS) is 11.3. The zero-order valence-corrected chi connectivity index (χ0v) is 63.9. The number of esters is 2. The lowest BCUT2D eigenvalue weighted by Crippen LogP contribution is -2.15. The number of ether oxygens (including phenoxy) is 2. The van der Waals surface area contributed by atoms with Crippen molar-refractivity contribution in [3.63, 3.8) is 0 Å². The number of aryl methyl sites for hydroxylation is 1. The first-order chi connectivity index (χ1) is 47.2. The van der Waals surface area contributed by atoms with E-state index >= 15 is 0 Å². The van der Waals surface area contributed by atoms with E-state index in [9.17, 15) is 29.4 Å². The van der Waals surface area contributed by atoms with Crippen LogP contribution >= 0.6 is 0 Å². The van der Waals surface area contributed by atoms with E-state index in [2.05, 4.69) is 27.7 Å².